The van der Waals surface area contributed by atoms with Gasteiger partial charge in [-0.05, 0) is 18.4 Å². The van der Waals surface area contributed by atoms with Gasteiger partial charge in [-0.15, -0.1) is 0 Å². The molecule has 1 aliphatic heterocycles. The maximum absolute atomic E-state index is 12.3. The van der Waals surface area contributed by atoms with Crippen LogP contribution in [-0.2, 0) is 16.0 Å². The molecule has 0 aromatic heterocycles. The van der Waals surface area contributed by atoms with E-state index in [0.29, 0.717) is 6.42 Å². The molecule has 0 radical (unpaired) electrons. The lowest BCUT2D eigenvalue weighted by atomic mass is 9.88. The van der Waals surface area contributed by atoms with Crippen molar-refractivity contribution >= 4 is 5.97 Å². The van der Waals surface area contributed by atoms with Gasteiger partial charge in [-0.1, -0.05) is 36.8 Å². The lowest BCUT2D eigenvalue weighted by Crippen LogP contribution is -2.57. The highest BCUT2D eigenvalue weighted by molar-refractivity contribution is 5.85. The summed E-state index contributed by atoms with van der Waals surface area (Å²) in [5.41, 5.74) is -0.221. The fourth-order valence-corrected chi connectivity index (χ4v) is 2.80. The predicted octanol–water partition coefficient (Wildman–Crippen LogP) is 2.15. The number of methoxy groups -OCH3 is 1. The molecule has 0 spiro atoms. The van der Waals surface area contributed by atoms with Crippen LogP contribution in [0.1, 0.15) is 24.8 Å². The smallest absolute Gasteiger partial charge is 0.341 e. The molecule has 1 aromatic carbocycles. The highest BCUT2D eigenvalue weighted by Crippen LogP contribution is 2.26. The molecule has 1 aromatic rings. The van der Waals surface area contributed by atoms with E-state index in [2.05, 4.69) is 6.07 Å². The van der Waals surface area contributed by atoms with Crippen LogP contribution in [0.3, 0.4) is 0 Å². The van der Waals surface area contributed by atoms with E-state index >= 15 is 0 Å². The van der Waals surface area contributed by atoms with Crippen molar-refractivity contribution in [2.75, 3.05) is 20.2 Å². The summed E-state index contributed by atoms with van der Waals surface area (Å²) >= 11 is 0. The van der Waals surface area contributed by atoms with Crippen molar-refractivity contribution in [3.05, 3.63) is 35.9 Å². The molecule has 2 rings (SSSR count). The van der Waals surface area contributed by atoms with Crippen molar-refractivity contribution in [3.63, 3.8) is 0 Å². The second kappa shape index (κ2) is 6.53. The van der Waals surface area contributed by atoms with Gasteiger partial charge in [0.15, 0.2) is 0 Å². The van der Waals surface area contributed by atoms with Gasteiger partial charge < -0.3 is 4.74 Å². The zero-order valence-corrected chi connectivity index (χ0v) is 11.8. The molecule has 0 amide bonds. The van der Waals surface area contributed by atoms with Crippen LogP contribution in [-0.4, -0.2) is 36.6 Å². The molecule has 1 saturated heterocycles. The molecule has 4 nitrogen and oxygen atoms in total. The summed E-state index contributed by atoms with van der Waals surface area (Å²) in [4.78, 5) is 14.3. The van der Waals surface area contributed by atoms with Crippen LogP contribution in [0.5, 0.6) is 0 Å². The quantitative estimate of drug-likeness (QED) is 0.788. The van der Waals surface area contributed by atoms with Crippen LogP contribution < -0.4 is 0 Å². The minimum atomic E-state index is -1.20. The maximum Gasteiger partial charge on any atom is 0.341 e. The van der Waals surface area contributed by atoms with E-state index in [1.54, 1.807) is 0 Å². The number of esters is 1. The van der Waals surface area contributed by atoms with Crippen molar-refractivity contribution in [3.8, 4) is 6.07 Å². The van der Waals surface area contributed by atoms with Gasteiger partial charge in [0, 0.05) is 19.5 Å². The first-order valence-corrected chi connectivity index (χ1v) is 7.01. The Kier molecular flexibility index (Phi) is 4.75. The lowest BCUT2D eigenvalue weighted by molar-refractivity contribution is -0.152. The molecule has 0 bridgehead atoms. The largest absolute Gasteiger partial charge is 0.467 e. The number of benzene rings is 1. The number of ether oxygens (including phenoxy) is 1. The Balaban J connectivity index is 2.32. The zero-order chi connectivity index (χ0) is 14.4. The number of carbonyl (C=O) groups is 1. The molecule has 1 aliphatic rings. The molecule has 1 heterocycles. The Bertz CT molecular complexity index is 489. The number of nitriles is 1. The summed E-state index contributed by atoms with van der Waals surface area (Å²) in [6, 6.07) is 11.9. The Morgan fingerprint density at radius 1 is 1.30 bits per heavy atom. The molecule has 106 valence electrons. The van der Waals surface area contributed by atoms with Gasteiger partial charge in [-0.25, -0.2) is 4.79 Å². The van der Waals surface area contributed by atoms with Crippen LogP contribution >= 0.6 is 0 Å². The van der Waals surface area contributed by atoms with Gasteiger partial charge in [0.05, 0.1) is 13.2 Å². The minimum absolute atomic E-state index is 0.372. The van der Waals surface area contributed by atoms with Crippen LogP contribution in [0.15, 0.2) is 30.3 Å². The first-order valence-electron chi connectivity index (χ1n) is 7.01. The number of hydrogen-bond acceptors (Lipinski definition) is 4. The summed E-state index contributed by atoms with van der Waals surface area (Å²) in [7, 11) is 1.35. The SMILES string of the molecule is COC(=O)C(C#N)(Cc1ccccc1)N1CCCCC1. The molecule has 0 saturated carbocycles. The van der Waals surface area contributed by atoms with E-state index in [1.165, 1.54) is 7.11 Å². The molecular weight excluding hydrogens is 252 g/mol. The molecule has 4 heteroatoms. The maximum atomic E-state index is 12.3. The van der Waals surface area contributed by atoms with Gasteiger partial charge in [0.25, 0.3) is 0 Å². The second-order valence-electron chi connectivity index (χ2n) is 5.17. The Labute approximate surface area is 120 Å². The van der Waals surface area contributed by atoms with Gasteiger partial charge >= 0.3 is 5.97 Å². The normalized spacial score (nSPS) is 18.8. The average Bonchev–Trinajstić information content (AvgIpc) is 2.53. The van der Waals surface area contributed by atoms with Crippen molar-refractivity contribution in [1.82, 2.24) is 4.90 Å². The van der Waals surface area contributed by atoms with E-state index in [4.69, 9.17) is 4.74 Å². The molecule has 0 aliphatic carbocycles. The molecule has 1 unspecified atom stereocenters. The number of rotatable bonds is 4. The summed E-state index contributed by atoms with van der Waals surface area (Å²) in [5, 5.41) is 9.70. The van der Waals surface area contributed by atoms with Crippen molar-refractivity contribution < 1.29 is 9.53 Å². The topological polar surface area (TPSA) is 53.3 Å². The first-order chi connectivity index (χ1) is 9.73. The standard InChI is InChI=1S/C16H20N2O2/c1-20-15(19)16(13-17,18-10-6-3-7-11-18)12-14-8-4-2-5-9-14/h2,4-5,8-9H,3,6-7,10-12H2,1H3. The number of piperidine rings is 1. The van der Waals surface area contributed by atoms with Crippen LogP contribution in [0, 0.1) is 11.3 Å². The van der Waals surface area contributed by atoms with Crippen LogP contribution in [0.25, 0.3) is 0 Å². The third kappa shape index (κ3) is 2.83. The van der Waals surface area contributed by atoms with Crippen molar-refractivity contribution in [2.24, 2.45) is 0 Å². The van der Waals surface area contributed by atoms with Gasteiger partial charge in [-0.2, -0.15) is 5.26 Å². The van der Waals surface area contributed by atoms with E-state index in [0.717, 1.165) is 37.9 Å². The third-order valence-electron chi connectivity index (χ3n) is 3.91. The fraction of sp³-hybridized carbons (Fsp3) is 0.500. The molecule has 20 heavy (non-hydrogen) atoms. The van der Waals surface area contributed by atoms with Gasteiger partial charge in [0.2, 0.25) is 5.54 Å². The summed E-state index contributed by atoms with van der Waals surface area (Å²) in [6.07, 6.45) is 3.58. The zero-order valence-electron chi connectivity index (χ0n) is 11.8. The third-order valence-corrected chi connectivity index (χ3v) is 3.91. The first kappa shape index (κ1) is 14.5. The number of nitrogens with zero attached hydrogens (tertiary/aromatic N) is 2. The van der Waals surface area contributed by atoms with E-state index in [1.807, 2.05) is 35.2 Å². The summed E-state index contributed by atoms with van der Waals surface area (Å²) in [5.74, 6) is -0.453. The average molecular weight is 272 g/mol. The Morgan fingerprint density at radius 2 is 1.95 bits per heavy atom. The number of likely N-dealkylation sites (tertiary alicyclic amines) is 1. The Morgan fingerprint density at radius 3 is 2.50 bits per heavy atom. The van der Waals surface area contributed by atoms with E-state index < -0.39 is 11.5 Å². The van der Waals surface area contributed by atoms with Crippen molar-refractivity contribution in [1.29, 1.82) is 5.26 Å². The van der Waals surface area contributed by atoms with Crippen LogP contribution in [0.2, 0.25) is 0 Å². The number of carbonyl (C=O) groups excluding carboxylic acids is 1. The van der Waals surface area contributed by atoms with Crippen LogP contribution in [0.4, 0.5) is 0 Å². The van der Waals surface area contributed by atoms with E-state index in [-0.39, 0.29) is 0 Å². The predicted molar refractivity (Wildman–Crippen MR) is 75.9 cm³/mol. The molecule has 0 N–H and O–H groups in total. The summed E-state index contributed by atoms with van der Waals surface area (Å²) < 4.78 is 4.93. The number of hydrogen-bond donors (Lipinski definition) is 0. The molecule has 1 fully saturated rings. The van der Waals surface area contributed by atoms with Gasteiger partial charge in [0.1, 0.15) is 0 Å². The highest BCUT2D eigenvalue weighted by Gasteiger charge is 2.46. The Hall–Kier alpha value is -1.86. The minimum Gasteiger partial charge on any atom is -0.467 e. The summed E-state index contributed by atoms with van der Waals surface area (Å²) in [6.45, 7) is 1.55. The van der Waals surface area contributed by atoms with Gasteiger partial charge in [-0.3, -0.25) is 4.90 Å². The molecular formula is C16H20N2O2. The highest BCUT2D eigenvalue weighted by atomic mass is 16.5. The monoisotopic (exact) mass is 272 g/mol. The second-order valence-corrected chi connectivity index (χ2v) is 5.17. The van der Waals surface area contributed by atoms with E-state index in [9.17, 15) is 10.1 Å². The van der Waals surface area contributed by atoms with Crippen molar-refractivity contribution in [2.45, 2.75) is 31.2 Å². The molecule has 1 atom stereocenters. The fourth-order valence-electron chi connectivity index (χ4n) is 2.80. The lowest BCUT2D eigenvalue weighted by Gasteiger charge is -2.38.